The minimum atomic E-state index is -0.922. The lowest BCUT2D eigenvalue weighted by molar-refractivity contribution is -0.140. The van der Waals surface area contributed by atoms with E-state index in [-0.39, 0.29) is 18.6 Å². The lowest BCUT2D eigenvalue weighted by atomic mass is 10.2. The van der Waals surface area contributed by atoms with E-state index in [1.807, 2.05) is 6.92 Å². The number of amides is 2. The summed E-state index contributed by atoms with van der Waals surface area (Å²) in [7, 11) is 0. The zero-order valence-electron chi connectivity index (χ0n) is 9.12. The fraction of sp³-hybridized carbons (Fsp3) is 0.600. The molecule has 0 aliphatic carbocycles. The van der Waals surface area contributed by atoms with Gasteiger partial charge in [-0.2, -0.15) is 0 Å². The lowest BCUT2D eigenvalue weighted by Crippen LogP contribution is -2.42. The molecule has 0 saturated carbocycles. The quantitative estimate of drug-likeness (QED) is 0.576. The summed E-state index contributed by atoms with van der Waals surface area (Å²) in [5.74, 6) is -1.50. The lowest BCUT2D eigenvalue weighted by Gasteiger charge is -2.13. The summed E-state index contributed by atoms with van der Waals surface area (Å²) in [5, 5.41) is 13.7. The Morgan fingerprint density at radius 1 is 1.47 bits per heavy atom. The molecule has 0 aromatic carbocycles. The van der Waals surface area contributed by atoms with Gasteiger partial charge in [0.2, 0.25) is 0 Å². The molecule has 2 amide bonds. The summed E-state index contributed by atoms with van der Waals surface area (Å²) >= 11 is 0. The highest BCUT2D eigenvalue weighted by Gasteiger charge is 2.12. The van der Waals surface area contributed by atoms with Gasteiger partial charge in [0, 0.05) is 12.6 Å². The molecular formula is C10H18N2O3. The van der Waals surface area contributed by atoms with Crippen molar-refractivity contribution in [2.75, 3.05) is 6.54 Å². The Labute approximate surface area is 89.6 Å². The Bertz CT molecular complexity index is 241. The summed E-state index contributed by atoms with van der Waals surface area (Å²) in [6.45, 7) is 7.07. The normalized spacial score (nSPS) is 13.7. The molecule has 0 spiro atoms. The molecule has 2 unspecified atom stereocenters. The molecule has 5 nitrogen and oxygen atoms in total. The Morgan fingerprint density at radius 3 is 2.53 bits per heavy atom. The average Bonchev–Trinajstić information content (AvgIpc) is 2.14. The van der Waals surface area contributed by atoms with E-state index in [0.29, 0.717) is 6.42 Å². The minimum Gasteiger partial charge on any atom is -0.481 e. The van der Waals surface area contributed by atoms with Crippen molar-refractivity contribution in [3.05, 3.63) is 12.7 Å². The van der Waals surface area contributed by atoms with Crippen LogP contribution in [0.3, 0.4) is 0 Å². The second-order valence-electron chi connectivity index (χ2n) is 3.52. The van der Waals surface area contributed by atoms with Crippen LogP contribution in [0.5, 0.6) is 0 Å². The van der Waals surface area contributed by atoms with Gasteiger partial charge >= 0.3 is 12.0 Å². The molecule has 15 heavy (non-hydrogen) atoms. The van der Waals surface area contributed by atoms with Gasteiger partial charge in [-0.25, -0.2) is 4.79 Å². The van der Waals surface area contributed by atoms with E-state index in [4.69, 9.17) is 5.11 Å². The van der Waals surface area contributed by atoms with Crippen LogP contribution in [0.15, 0.2) is 12.7 Å². The number of nitrogens with one attached hydrogen (secondary N) is 2. The van der Waals surface area contributed by atoms with Crippen LogP contribution in [0, 0.1) is 5.92 Å². The largest absolute Gasteiger partial charge is 0.481 e. The van der Waals surface area contributed by atoms with Crippen LogP contribution in [0.25, 0.3) is 0 Å². The molecule has 3 N–H and O–H groups in total. The number of aliphatic carboxylic acids is 1. The third-order valence-electron chi connectivity index (χ3n) is 1.89. The fourth-order valence-electron chi connectivity index (χ4n) is 0.917. The SMILES string of the molecule is C=CCC(C)NC(=O)NCC(C)C(=O)O. The van der Waals surface area contributed by atoms with Crippen molar-refractivity contribution in [1.82, 2.24) is 10.6 Å². The topological polar surface area (TPSA) is 78.4 Å². The first-order valence-electron chi connectivity index (χ1n) is 4.85. The summed E-state index contributed by atoms with van der Waals surface area (Å²) in [6, 6.07) is -0.347. The first kappa shape index (κ1) is 13.5. The van der Waals surface area contributed by atoms with Crippen molar-refractivity contribution in [1.29, 1.82) is 0 Å². The van der Waals surface area contributed by atoms with E-state index < -0.39 is 11.9 Å². The van der Waals surface area contributed by atoms with Gasteiger partial charge in [0.15, 0.2) is 0 Å². The van der Waals surface area contributed by atoms with E-state index in [2.05, 4.69) is 17.2 Å². The monoisotopic (exact) mass is 214 g/mol. The fourth-order valence-corrected chi connectivity index (χ4v) is 0.917. The number of hydrogen-bond donors (Lipinski definition) is 3. The first-order valence-corrected chi connectivity index (χ1v) is 4.85. The van der Waals surface area contributed by atoms with E-state index in [1.54, 1.807) is 6.08 Å². The predicted molar refractivity (Wildman–Crippen MR) is 57.6 cm³/mol. The highest BCUT2D eigenvalue weighted by atomic mass is 16.4. The van der Waals surface area contributed by atoms with Gasteiger partial charge in [-0.3, -0.25) is 4.79 Å². The Hall–Kier alpha value is -1.52. The van der Waals surface area contributed by atoms with Gasteiger partial charge in [0.1, 0.15) is 0 Å². The third-order valence-corrected chi connectivity index (χ3v) is 1.89. The van der Waals surface area contributed by atoms with Gasteiger partial charge in [0.25, 0.3) is 0 Å². The van der Waals surface area contributed by atoms with E-state index in [1.165, 1.54) is 6.92 Å². The molecule has 2 atom stereocenters. The number of carbonyl (C=O) groups excluding carboxylic acids is 1. The van der Waals surface area contributed by atoms with Gasteiger partial charge in [-0.15, -0.1) is 6.58 Å². The Balaban J connectivity index is 3.74. The highest BCUT2D eigenvalue weighted by Crippen LogP contribution is 1.93. The van der Waals surface area contributed by atoms with Crippen LogP contribution >= 0.6 is 0 Å². The van der Waals surface area contributed by atoms with Crippen LogP contribution in [-0.2, 0) is 4.79 Å². The molecule has 0 aliphatic heterocycles. The van der Waals surface area contributed by atoms with Crippen molar-refractivity contribution in [3.63, 3.8) is 0 Å². The van der Waals surface area contributed by atoms with E-state index >= 15 is 0 Å². The zero-order valence-corrected chi connectivity index (χ0v) is 9.12. The van der Waals surface area contributed by atoms with Crippen molar-refractivity contribution in [2.24, 2.45) is 5.92 Å². The molecule has 0 aliphatic rings. The summed E-state index contributed by atoms with van der Waals surface area (Å²) in [6.07, 6.45) is 2.40. The van der Waals surface area contributed by atoms with Crippen molar-refractivity contribution in [2.45, 2.75) is 26.3 Å². The maximum absolute atomic E-state index is 11.2. The maximum atomic E-state index is 11.2. The van der Waals surface area contributed by atoms with Gasteiger partial charge in [0.05, 0.1) is 5.92 Å². The van der Waals surface area contributed by atoms with Crippen molar-refractivity contribution < 1.29 is 14.7 Å². The maximum Gasteiger partial charge on any atom is 0.315 e. The van der Waals surface area contributed by atoms with Crippen LogP contribution in [0.2, 0.25) is 0 Å². The molecule has 0 heterocycles. The molecule has 0 rings (SSSR count). The minimum absolute atomic E-state index is 0.00244. The summed E-state index contributed by atoms with van der Waals surface area (Å²) < 4.78 is 0. The Morgan fingerprint density at radius 2 is 2.07 bits per heavy atom. The van der Waals surface area contributed by atoms with Crippen LogP contribution < -0.4 is 10.6 Å². The smallest absolute Gasteiger partial charge is 0.315 e. The summed E-state index contributed by atoms with van der Waals surface area (Å²) in [4.78, 5) is 21.7. The number of carboxylic acids is 1. The van der Waals surface area contributed by atoms with E-state index in [0.717, 1.165) is 0 Å². The van der Waals surface area contributed by atoms with Gasteiger partial charge in [-0.05, 0) is 13.3 Å². The number of carboxylic acid groups (broad SMARTS) is 1. The standard InChI is InChI=1S/C10H18N2O3/c1-4-5-8(3)12-10(15)11-6-7(2)9(13)14/h4,7-8H,1,5-6H2,2-3H3,(H,13,14)(H2,11,12,15). The first-order chi connectivity index (χ1) is 6.97. The van der Waals surface area contributed by atoms with Crippen LogP contribution in [-0.4, -0.2) is 29.7 Å². The molecule has 0 radical (unpaired) electrons. The molecule has 86 valence electrons. The molecular weight excluding hydrogens is 196 g/mol. The Kier molecular flexibility index (Phi) is 6.17. The average molecular weight is 214 g/mol. The number of urea groups is 1. The number of carbonyl (C=O) groups is 2. The van der Waals surface area contributed by atoms with Gasteiger partial charge < -0.3 is 15.7 Å². The predicted octanol–water partition coefficient (Wildman–Crippen LogP) is 0.971. The molecule has 0 aromatic heterocycles. The molecule has 5 heteroatoms. The second kappa shape index (κ2) is 6.86. The second-order valence-corrected chi connectivity index (χ2v) is 3.52. The molecule has 0 fully saturated rings. The van der Waals surface area contributed by atoms with Crippen LogP contribution in [0.4, 0.5) is 4.79 Å². The van der Waals surface area contributed by atoms with Crippen molar-refractivity contribution >= 4 is 12.0 Å². The van der Waals surface area contributed by atoms with Gasteiger partial charge in [-0.1, -0.05) is 13.0 Å². The third kappa shape index (κ3) is 6.54. The van der Waals surface area contributed by atoms with Crippen molar-refractivity contribution in [3.8, 4) is 0 Å². The zero-order chi connectivity index (χ0) is 11.8. The highest BCUT2D eigenvalue weighted by molar-refractivity contribution is 5.75. The number of rotatable bonds is 6. The summed E-state index contributed by atoms with van der Waals surface area (Å²) in [5.41, 5.74) is 0. The van der Waals surface area contributed by atoms with Crippen LogP contribution in [0.1, 0.15) is 20.3 Å². The van der Waals surface area contributed by atoms with E-state index in [9.17, 15) is 9.59 Å². The molecule has 0 bridgehead atoms. The number of hydrogen-bond acceptors (Lipinski definition) is 2. The molecule has 0 aromatic rings. The molecule has 0 saturated heterocycles.